The first-order valence-electron chi connectivity index (χ1n) is 8.11. The molecule has 0 amide bonds. The molecule has 0 aliphatic heterocycles. The van der Waals surface area contributed by atoms with E-state index in [1.807, 2.05) is 19.9 Å². The highest BCUT2D eigenvalue weighted by Crippen LogP contribution is 2.25. The molecular weight excluding hydrogens is 367 g/mol. The Kier molecular flexibility index (Phi) is 5.00. The maximum atomic E-state index is 12.9. The molecule has 8 heteroatoms. The van der Waals surface area contributed by atoms with E-state index in [9.17, 15) is 13.2 Å². The number of nitrogens with zero attached hydrogens (tertiary/aromatic N) is 3. The van der Waals surface area contributed by atoms with Crippen LogP contribution < -0.4 is 10.6 Å². The minimum Gasteiger partial charge on any atom is -0.423 e. The zero-order valence-corrected chi connectivity index (χ0v) is 15.0. The van der Waals surface area contributed by atoms with Crippen molar-refractivity contribution >= 4 is 28.4 Å². The van der Waals surface area contributed by atoms with E-state index in [-0.39, 0.29) is 0 Å². The van der Waals surface area contributed by atoms with Crippen molar-refractivity contribution in [1.82, 2.24) is 4.57 Å². The van der Waals surface area contributed by atoms with Gasteiger partial charge in [0.25, 0.3) is 0 Å². The second-order valence-corrected chi connectivity index (χ2v) is 6.04. The molecule has 0 aliphatic carbocycles. The van der Waals surface area contributed by atoms with E-state index < -0.39 is 12.0 Å². The first kappa shape index (κ1) is 18.4. The number of anilines is 1. The summed E-state index contributed by atoms with van der Waals surface area (Å²) >= 11 is 5.90. The highest BCUT2D eigenvalue weighted by molar-refractivity contribution is 6.30. The molecule has 0 radical (unpaired) electrons. The van der Waals surface area contributed by atoms with Crippen LogP contribution in [0.5, 0.6) is 0 Å². The molecule has 0 spiro atoms. The fourth-order valence-electron chi connectivity index (χ4n) is 2.82. The molecule has 26 heavy (non-hydrogen) atoms. The second kappa shape index (κ2) is 7.07. The van der Waals surface area contributed by atoms with Gasteiger partial charge in [0.15, 0.2) is 5.58 Å². The van der Waals surface area contributed by atoms with Crippen molar-refractivity contribution in [1.29, 1.82) is 0 Å². The van der Waals surface area contributed by atoms with Crippen LogP contribution in [0.2, 0.25) is 5.02 Å². The molecule has 0 bridgehead atoms. The average Bonchev–Trinajstić information content (AvgIpc) is 2.92. The fourth-order valence-corrected chi connectivity index (χ4v) is 2.95. The van der Waals surface area contributed by atoms with Crippen LogP contribution >= 0.6 is 11.6 Å². The van der Waals surface area contributed by atoms with E-state index in [0.717, 1.165) is 18.8 Å². The molecule has 4 nitrogen and oxygen atoms in total. The Morgan fingerprint density at radius 2 is 1.73 bits per heavy atom. The molecule has 0 N–H and O–H groups in total. The number of hydrogen-bond acceptors (Lipinski definition) is 3. The summed E-state index contributed by atoms with van der Waals surface area (Å²) in [6.07, 6.45) is -4.75. The monoisotopic (exact) mass is 383 g/mol. The van der Waals surface area contributed by atoms with Gasteiger partial charge in [0.1, 0.15) is 0 Å². The third kappa shape index (κ3) is 3.72. The molecule has 138 valence electrons. The van der Waals surface area contributed by atoms with Crippen molar-refractivity contribution < 1.29 is 17.6 Å². The van der Waals surface area contributed by atoms with Gasteiger partial charge < -0.3 is 9.32 Å². The number of fused-ring (bicyclic) bond motifs is 1. The molecule has 0 saturated carbocycles. The third-order valence-corrected chi connectivity index (χ3v) is 4.26. The van der Waals surface area contributed by atoms with Crippen LogP contribution in [0.25, 0.3) is 16.8 Å². The van der Waals surface area contributed by atoms with Crippen molar-refractivity contribution in [2.75, 3.05) is 18.0 Å². The SMILES string of the molecule is CCN(CC)c1ccc2oc(=NC(F)(F)F)n(-c3ccc(Cl)cc3)c2c1. The number of benzene rings is 2. The summed E-state index contributed by atoms with van der Waals surface area (Å²) in [5.41, 5.74) is 1.66. The van der Waals surface area contributed by atoms with Gasteiger partial charge >= 0.3 is 12.0 Å². The van der Waals surface area contributed by atoms with Crippen molar-refractivity contribution in [3.8, 4) is 5.69 Å². The number of oxazole rings is 1. The first-order valence-corrected chi connectivity index (χ1v) is 8.49. The van der Waals surface area contributed by atoms with Gasteiger partial charge in [0, 0.05) is 23.8 Å². The highest BCUT2D eigenvalue weighted by Gasteiger charge is 2.28. The summed E-state index contributed by atoms with van der Waals surface area (Å²) < 4.78 is 45.4. The van der Waals surface area contributed by atoms with Gasteiger partial charge in [-0.05, 0) is 56.3 Å². The van der Waals surface area contributed by atoms with Crippen molar-refractivity contribution in [3.05, 3.63) is 53.2 Å². The first-order chi connectivity index (χ1) is 12.3. The lowest BCUT2D eigenvalue weighted by Gasteiger charge is -2.20. The van der Waals surface area contributed by atoms with Gasteiger partial charge in [-0.3, -0.25) is 4.57 Å². The molecule has 3 aromatic rings. The van der Waals surface area contributed by atoms with Gasteiger partial charge in [0.05, 0.1) is 11.2 Å². The quantitative estimate of drug-likeness (QED) is 0.584. The third-order valence-electron chi connectivity index (χ3n) is 4.01. The largest absolute Gasteiger partial charge is 0.507 e. The number of alkyl halides is 3. The van der Waals surface area contributed by atoms with Gasteiger partial charge in [-0.15, -0.1) is 18.2 Å². The standard InChI is InChI=1S/C18H17ClF3N3O/c1-3-24(4-2)14-9-10-16-15(11-14)25(13-7-5-12(19)6-8-13)17(26-16)23-18(20,21)22/h5-11H,3-4H2,1-2H3. The van der Waals surface area contributed by atoms with Crippen LogP contribution in [0.4, 0.5) is 18.9 Å². The highest BCUT2D eigenvalue weighted by atomic mass is 35.5. The summed E-state index contributed by atoms with van der Waals surface area (Å²) in [7, 11) is 0. The van der Waals surface area contributed by atoms with Crippen LogP contribution in [-0.4, -0.2) is 24.0 Å². The predicted octanol–water partition coefficient (Wildman–Crippen LogP) is 5.14. The zero-order valence-electron chi connectivity index (χ0n) is 14.2. The maximum absolute atomic E-state index is 12.9. The molecule has 1 aromatic heterocycles. The molecule has 2 aromatic carbocycles. The Labute approximate surface area is 153 Å². The summed E-state index contributed by atoms with van der Waals surface area (Å²) in [4.78, 5) is 4.89. The average molecular weight is 384 g/mol. The number of rotatable bonds is 4. The number of halogens is 4. The number of hydrogen-bond donors (Lipinski definition) is 0. The number of aromatic nitrogens is 1. The molecule has 0 aliphatic rings. The van der Waals surface area contributed by atoms with E-state index >= 15 is 0 Å². The van der Waals surface area contributed by atoms with Crippen LogP contribution in [0.1, 0.15) is 13.8 Å². The van der Waals surface area contributed by atoms with E-state index in [0.29, 0.717) is 21.8 Å². The molecule has 0 fully saturated rings. The van der Waals surface area contributed by atoms with Gasteiger partial charge in [-0.1, -0.05) is 11.6 Å². The molecule has 0 unspecified atom stereocenters. The normalized spacial score (nSPS) is 12.8. The molecule has 1 heterocycles. The lowest BCUT2D eigenvalue weighted by Crippen LogP contribution is -2.22. The predicted molar refractivity (Wildman–Crippen MR) is 95.7 cm³/mol. The van der Waals surface area contributed by atoms with Gasteiger partial charge in [-0.25, -0.2) is 0 Å². The zero-order chi connectivity index (χ0) is 18.9. The lowest BCUT2D eigenvalue weighted by molar-refractivity contribution is -0.125. The summed E-state index contributed by atoms with van der Waals surface area (Å²) in [6, 6.07) is 11.7. The molecule has 3 rings (SSSR count). The van der Waals surface area contributed by atoms with Crippen LogP contribution in [-0.2, 0) is 0 Å². The minimum atomic E-state index is -4.75. The van der Waals surface area contributed by atoms with E-state index in [1.165, 1.54) is 4.57 Å². The van der Waals surface area contributed by atoms with Gasteiger partial charge in [-0.2, -0.15) is 0 Å². The minimum absolute atomic E-state index is 0.318. The Bertz CT molecular complexity index is 970. The van der Waals surface area contributed by atoms with Crippen LogP contribution in [0.15, 0.2) is 51.9 Å². The lowest BCUT2D eigenvalue weighted by atomic mass is 10.2. The van der Waals surface area contributed by atoms with E-state index in [2.05, 4.69) is 9.89 Å². The topological polar surface area (TPSA) is 33.7 Å². The fraction of sp³-hybridized carbons (Fsp3) is 0.278. The molecule has 0 atom stereocenters. The summed E-state index contributed by atoms with van der Waals surface area (Å²) in [5.74, 6) is 0. The smallest absolute Gasteiger partial charge is 0.423 e. The maximum Gasteiger partial charge on any atom is 0.507 e. The van der Waals surface area contributed by atoms with Crippen molar-refractivity contribution in [2.45, 2.75) is 20.1 Å². The Morgan fingerprint density at radius 3 is 2.31 bits per heavy atom. The Balaban J connectivity index is 2.32. The van der Waals surface area contributed by atoms with E-state index in [4.69, 9.17) is 16.0 Å². The second-order valence-electron chi connectivity index (χ2n) is 5.60. The van der Waals surface area contributed by atoms with Crippen LogP contribution in [0.3, 0.4) is 0 Å². The Morgan fingerprint density at radius 1 is 1.08 bits per heavy atom. The van der Waals surface area contributed by atoms with Crippen molar-refractivity contribution in [2.24, 2.45) is 4.99 Å². The summed E-state index contributed by atoms with van der Waals surface area (Å²) in [5, 5.41) is 0.486. The van der Waals surface area contributed by atoms with Crippen molar-refractivity contribution in [3.63, 3.8) is 0 Å². The Hall–Kier alpha value is -2.41. The molecule has 0 saturated heterocycles. The van der Waals surface area contributed by atoms with Gasteiger partial charge in [0.2, 0.25) is 0 Å². The summed E-state index contributed by atoms with van der Waals surface area (Å²) in [6.45, 7) is 5.59. The van der Waals surface area contributed by atoms with Crippen LogP contribution in [0, 0.1) is 0 Å². The molecular formula is C18H17ClF3N3O. The van der Waals surface area contributed by atoms with E-state index in [1.54, 1.807) is 36.4 Å².